The highest BCUT2D eigenvalue weighted by molar-refractivity contribution is 6.21. The van der Waals surface area contributed by atoms with Crippen LogP contribution in [0.1, 0.15) is 6.42 Å². The number of rotatable bonds is 3. The van der Waals surface area contributed by atoms with E-state index < -0.39 is 53.5 Å². The molecule has 6 nitrogen and oxygen atoms in total. The van der Waals surface area contributed by atoms with Crippen LogP contribution in [0.25, 0.3) is 0 Å². The summed E-state index contributed by atoms with van der Waals surface area (Å²) in [4.78, 5) is 34.2. The molecule has 0 radical (unpaired) electrons. The van der Waals surface area contributed by atoms with Gasteiger partial charge in [-0.1, -0.05) is 0 Å². The van der Waals surface area contributed by atoms with Gasteiger partial charge in [0.05, 0.1) is 12.1 Å². The first-order chi connectivity index (χ1) is 9.31. The fraction of sp³-hybridized carbons (Fsp3) is 0.182. The zero-order valence-corrected chi connectivity index (χ0v) is 9.69. The number of urea groups is 1. The molecule has 1 aliphatic heterocycles. The molecule has 1 heterocycles. The van der Waals surface area contributed by atoms with Crippen molar-refractivity contribution in [3.63, 3.8) is 0 Å². The number of carboxylic acids is 1. The predicted molar refractivity (Wildman–Crippen MR) is 58.4 cm³/mol. The lowest BCUT2D eigenvalue weighted by Crippen LogP contribution is -2.32. The maximum atomic E-state index is 13.1. The smallest absolute Gasteiger partial charge is 0.329 e. The van der Waals surface area contributed by atoms with E-state index in [9.17, 15) is 27.6 Å². The lowest BCUT2D eigenvalue weighted by Gasteiger charge is -2.13. The maximum Gasteiger partial charge on any atom is 0.329 e. The van der Waals surface area contributed by atoms with E-state index in [4.69, 9.17) is 5.11 Å². The second kappa shape index (κ2) is 4.83. The Morgan fingerprint density at radius 1 is 1.25 bits per heavy atom. The summed E-state index contributed by atoms with van der Waals surface area (Å²) in [5, 5.41) is 10.6. The van der Waals surface area contributed by atoms with Crippen LogP contribution in [0, 0.1) is 17.5 Å². The Hall–Kier alpha value is -2.58. The molecule has 0 aliphatic carbocycles. The number of nitrogens with one attached hydrogen (secondary N) is 1. The van der Waals surface area contributed by atoms with Crippen LogP contribution in [0.15, 0.2) is 12.1 Å². The number of amides is 3. The van der Waals surface area contributed by atoms with Crippen LogP contribution in [0.3, 0.4) is 0 Å². The molecule has 3 amide bonds. The number of nitrogens with zero attached hydrogens (tertiary/aromatic N) is 1. The van der Waals surface area contributed by atoms with Gasteiger partial charge in [-0.3, -0.25) is 9.59 Å². The summed E-state index contributed by atoms with van der Waals surface area (Å²) >= 11 is 0. The van der Waals surface area contributed by atoms with Gasteiger partial charge in [-0.05, 0) is 0 Å². The Kier molecular flexibility index (Phi) is 3.35. The van der Waals surface area contributed by atoms with Gasteiger partial charge >= 0.3 is 12.0 Å². The summed E-state index contributed by atoms with van der Waals surface area (Å²) in [6.07, 6.45) is -0.673. The average Bonchev–Trinajstić information content (AvgIpc) is 2.60. The number of hydrogen-bond donors (Lipinski definition) is 2. The Morgan fingerprint density at radius 3 is 2.30 bits per heavy atom. The van der Waals surface area contributed by atoms with Crippen molar-refractivity contribution in [3.05, 3.63) is 29.6 Å². The Bertz CT molecular complexity index is 597. The van der Waals surface area contributed by atoms with Gasteiger partial charge in [0, 0.05) is 12.1 Å². The molecule has 1 atom stereocenters. The molecule has 1 aromatic carbocycles. The molecule has 1 saturated heterocycles. The van der Waals surface area contributed by atoms with E-state index in [-0.39, 0.29) is 0 Å². The predicted octanol–water partition coefficient (Wildman–Crippen LogP) is 1.00. The van der Waals surface area contributed by atoms with Crippen LogP contribution in [0.4, 0.5) is 23.7 Å². The number of halogens is 3. The highest BCUT2D eigenvalue weighted by Gasteiger charge is 2.40. The third kappa shape index (κ3) is 2.29. The second-order valence-electron chi connectivity index (χ2n) is 4.00. The van der Waals surface area contributed by atoms with Crippen molar-refractivity contribution in [2.24, 2.45) is 0 Å². The van der Waals surface area contributed by atoms with Crippen LogP contribution < -0.4 is 10.2 Å². The summed E-state index contributed by atoms with van der Waals surface area (Å²) in [5.41, 5.74) is -0.517. The van der Waals surface area contributed by atoms with Crippen molar-refractivity contribution >= 4 is 23.6 Å². The number of carboxylic acid groups (broad SMARTS) is 1. The van der Waals surface area contributed by atoms with E-state index in [0.29, 0.717) is 17.0 Å². The molecule has 2 N–H and O–H groups in total. The number of benzene rings is 1. The number of imide groups is 1. The number of hydrogen-bond acceptors (Lipinski definition) is 3. The number of anilines is 1. The monoisotopic (exact) mass is 288 g/mol. The summed E-state index contributed by atoms with van der Waals surface area (Å²) in [6.45, 7) is 0. The third-order valence-corrected chi connectivity index (χ3v) is 2.62. The van der Waals surface area contributed by atoms with Crippen LogP contribution >= 0.6 is 0 Å². The van der Waals surface area contributed by atoms with Gasteiger partial charge in [-0.15, -0.1) is 0 Å². The molecule has 0 aromatic heterocycles. The highest BCUT2D eigenvalue weighted by Crippen LogP contribution is 2.24. The van der Waals surface area contributed by atoms with E-state index in [2.05, 4.69) is 5.32 Å². The van der Waals surface area contributed by atoms with Gasteiger partial charge in [0.15, 0.2) is 17.5 Å². The fourth-order valence-electron chi connectivity index (χ4n) is 1.76. The van der Waals surface area contributed by atoms with Gasteiger partial charge in [0.1, 0.15) is 6.04 Å². The number of aliphatic carboxylic acids is 1. The van der Waals surface area contributed by atoms with Crippen LogP contribution in [0.5, 0.6) is 0 Å². The molecule has 0 spiro atoms. The van der Waals surface area contributed by atoms with Gasteiger partial charge < -0.3 is 10.4 Å². The first kappa shape index (κ1) is 13.8. The van der Waals surface area contributed by atoms with E-state index in [1.807, 2.05) is 0 Å². The standard InChI is InChI=1S/C11H7F3N2O4/c12-5-1-4(2-6(13)9(5)14)16-10(19)7(3-8(17)18)15-11(16)20/h1-2,7H,3H2,(H,15,20)(H,17,18)/t7-/m1/s1. The van der Waals surface area contributed by atoms with Crippen molar-refractivity contribution < 1.29 is 32.7 Å². The van der Waals surface area contributed by atoms with Gasteiger partial charge in [0.25, 0.3) is 5.91 Å². The SMILES string of the molecule is O=C(O)C[C@H]1NC(=O)N(c2cc(F)c(F)c(F)c2)C1=O. The summed E-state index contributed by atoms with van der Waals surface area (Å²) in [6, 6.07) is -1.43. The lowest BCUT2D eigenvalue weighted by molar-refractivity contribution is -0.139. The van der Waals surface area contributed by atoms with E-state index >= 15 is 0 Å². The quantitative estimate of drug-likeness (QED) is 0.642. The van der Waals surface area contributed by atoms with Crippen molar-refractivity contribution in [2.45, 2.75) is 12.5 Å². The van der Waals surface area contributed by atoms with E-state index in [0.717, 1.165) is 0 Å². The summed E-state index contributed by atoms with van der Waals surface area (Å²) in [5.74, 6) is -7.18. The number of carbonyl (C=O) groups is 3. The topological polar surface area (TPSA) is 86.7 Å². The second-order valence-corrected chi connectivity index (χ2v) is 4.00. The molecule has 1 aliphatic rings. The molecule has 1 fully saturated rings. The molecule has 1 aromatic rings. The van der Waals surface area contributed by atoms with Gasteiger partial charge in [-0.2, -0.15) is 0 Å². The Balaban J connectivity index is 2.36. The van der Waals surface area contributed by atoms with Gasteiger partial charge in [0.2, 0.25) is 0 Å². The normalized spacial score (nSPS) is 18.4. The maximum absolute atomic E-state index is 13.1. The van der Waals surface area contributed by atoms with Crippen molar-refractivity contribution in [3.8, 4) is 0 Å². The van der Waals surface area contributed by atoms with Crippen molar-refractivity contribution in [1.82, 2.24) is 5.32 Å². The van der Waals surface area contributed by atoms with Gasteiger partial charge in [-0.25, -0.2) is 22.9 Å². The molecule has 0 unspecified atom stereocenters. The zero-order chi connectivity index (χ0) is 15.0. The molecule has 106 valence electrons. The largest absolute Gasteiger partial charge is 0.481 e. The van der Waals surface area contributed by atoms with Crippen LogP contribution in [0.2, 0.25) is 0 Å². The third-order valence-electron chi connectivity index (χ3n) is 2.62. The molecule has 0 bridgehead atoms. The Morgan fingerprint density at radius 2 is 1.80 bits per heavy atom. The average molecular weight is 288 g/mol. The van der Waals surface area contributed by atoms with Crippen molar-refractivity contribution in [1.29, 1.82) is 0 Å². The Labute approximate surface area is 109 Å². The lowest BCUT2D eigenvalue weighted by atomic mass is 10.2. The molecular formula is C11H7F3N2O4. The fourth-order valence-corrected chi connectivity index (χ4v) is 1.76. The molecule has 2 rings (SSSR count). The summed E-state index contributed by atoms with van der Waals surface area (Å²) < 4.78 is 39.0. The van der Waals surface area contributed by atoms with E-state index in [1.54, 1.807) is 0 Å². The number of carbonyl (C=O) groups excluding carboxylic acids is 2. The summed E-state index contributed by atoms with van der Waals surface area (Å²) in [7, 11) is 0. The minimum atomic E-state index is -1.73. The molecule has 0 saturated carbocycles. The highest BCUT2D eigenvalue weighted by atomic mass is 19.2. The van der Waals surface area contributed by atoms with E-state index in [1.165, 1.54) is 0 Å². The van der Waals surface area contributed by atoms with Crippen LogP contribution in [-0.2, 0) is 9.59 Å². The minimum Gasteiger partial charge on any atom is -0.481 e. The van der Waals surface area contributed by atoms with Crippen molar-refractivity contribution in [2.75, 3.05) is 4.90 Å². The first-order valence-corrected chi connectivity index (χ1v) is 5.32. The van der Waals surface area contributed by atoms with Crippen LogP contribution in [-0.4, -0.2) is 29.1 Å². The molecule has 9 heteroatoms. The zero-order valence-electron chi connectivity index (χ0n) is 9.69. The first-order valence-electron chi connectivity index (χ1n) is 5.32. The minimum absolute atomic E-state index is 0.360. The molecule has 20 heavy (non-hydrogen) atoms. The molecular weight excluding hydrogens is 281 g/mol.